The Hall–Kier alpha value is -1.44. The molecule has 2 rings (SSSR count). The summed E-state index contributed by atoms with van der Waals surface area (Å²) < 4.78 is 0. The summed E-state index contributed by atoms with van der Waals surface area (Å²) >= 11 is 0. The highest BCUT2D eigenvalue weighted by atomic mass is 16.3. The number of rotatable bonds is 0. The van der Waals surface area contributed by atoms with Gasteiger partial charge in [0.25, 0.3) is 0 Å². The highest BCUT2D eigenvalue weighted by Gasteiger charge is 1.95. The molecule has 0 unspecified atom stereocenters. The minimum Gasteiger partial charge on any atom is -0.494 e. The summed E-state index contributed by atoms with van der Waals surface area (Å²) in [5, 5.41) is 9.86. The Labute approximate surface area is 58.1 Å². The van der Waals surface area contributed by atoms with Crippen LogP contribution in [-0.4, -0.2) is 10.1 Å². The molecule has 2 N–H and O–H groups in total. The van der Waals surface area contributed by atoms with Gasteiger partial charge in [0, 0.05) is 10.9 Å². The number of H-pyrrole nitrogens is 1. The van der Waals surface area contributed by atoms with Gasteiger partial charge in [0.2, 0.25) is 0 Å². The van der Waals surface area contributed by atoms with Crippen molar-refractivity contribution in [2.24, 2.45) is 0 Å². The fourth-order valence-electron chi connectivity index (χ4n) is 0.987. The van der Waals surface area contributed by atoms with E-state index in [4.69, 9.17) is 5.11 Å². The number of aromatic hydroxyl groups is 1. The molecule has 2 nitrogen and oxygen atoms in total. The first-order valence-electron chi connectivity index (χ1n) is 3.05. The number of hydrogen-bond acceptors (Lipinski definition) is 1. The lowest BCUT2D eigenvalue weighted by Gasteiger charge is -1.82. The van der Waals surface area contributed by atoms with E-state index in [0.717, 1.165) is 10.9 Å². The molecule has 1 aromatic heterocycles. The molecule has 0 aliphatic rings. The van der Waals surface area contributed by atoms with Crippen molar-refractivity contribution in [3.8, 4) is 5.88 Å². The first-order chi connectivity index (χ1) is 4.86. The van der Waals surface area contributed by atoms with Crippen LogP contribution in [0.5, 0.6) is 5.88 Å². The molecule has 0 aliphatic heterocycles. The second kappa shape index (κ2) is 1.77. The van der Waals surface area contributed by atoms with Crippen LogP contribution in [0.3, 0.4) is 0 Å². The zero-order valence-electron chi connectivity index (χ0n) is 5.26. The molecule has 0 aliphatic carbocycles. The maximum atomic E-state index is 8.94. The smallest absolute Gasteiger partial charge is 0.197 e. The van der Waals surface area contributed by atoms with E-state index in [1.54, 1.807) is 0 Å². The number of fused-ring (bicyclic) bond motifs is 1. The molecule has 10 heavy (non-hydrogen) atoms. The first kappa shape index (κ1) is 5.35. The molecule has 0 fully saturated rings. The van der Waals surface area contributed by atoms with Crippen LogP contribution in [0.1, 0.15) is 0 Å². The summed E-state index contributed by atoms with van der Waals surface area (Å²) in [6, 6.07) is 10.4. The Kier molecular flexibility index (Phi) is 0.947. The van der Waals surface area contributed by atoms with Gasteiger partial charge < -0.3 is 10.1 Å². The molecular formula is C8H6NO. The topological polar surface area (TPSA) is 36.0 Å². The average Bonchev–Trinajstić information content (AvgIpc) is 2.27. The minimum atomic E-state index is 0.0983. The number of para-hydroxylation sites is 1. The lowest BCUT2D eigenvalue weighted by Crippen LogP contribution is -1.62. The van der Waals surface area contributed by atoms with Crippen LogP contribution >= 0.6 is 0 Å². The molecule has 2 heteroatoms. The standard InChI is InChI=1S/C8H6NO/c10-8-5-6-3-1-2-4-7(6)9-8/h1-4,9-10H. The summed E-state index contributed by atoms with van der Waals surface area (Å²) in [6.45, 7) is 0. The van der Waals surface area contributed by atoms with Crippen LogP contribution in [0.25, 0.3) is 10.9 Å². The van der Waals surface area contributed by atoms with Crippen molar-refractivity contribution in [2.45, 2.75) is 0 Å². The molecule has 0 bridgehead atoms. The molecule has 0 atom stereocenters. The van der Waals surface area contributed by atoms with Crippen molar-refractivity contribution >= 4 is 10.9 Å². The molecule has 0 saturated carbocycles. The van der Waals surface area contributed by atoms with Crippen molar-refractivity contribution < 1.29 is 5.11 Å². The van der Waals surface area contributed by atoms with Gasteiger partial charge in [-0.2, -0.15) is 0 Å². The van der Waals surface area contributed by atoms with Gasteiger partial charge in [-0.05, 0) is 6.07 Å². The number of benzene rings is 1. The first-order valence-corrected chi connectivity index (χ1v) is 3.05. The second-order valence-electron chi connectivity index (χ2n) is 2.14. The normalized spacial score (nSPS) is 10.4. The molecule has 0 spiro atoms. The third-order valence-electron chi connectivity index (χ3n) is 1.43. The van der Waals surface area contributed by atoms with Crippen LogP contribution < -0.4 is 0 Å². The van der Waals surface area contributed by atoms with Gasteiger partial charge in [-0.25, -0.2) is 0 Å². The van der Waals surface area contributed by atoms with E-state index in [9.17, 15) is 0 Å². The Morgan fingerprint density at radius 2 is 2.10 bits per heavy atom. The zero-order chi connectivity index (χ0) is 6.97. The molecule has 0 saturated heterocycles. The van der Waals surface area contributed by atoms with E-state index >= 15 is 0 Å². The SMILES string of the molecule is Oc1[c]c2ccccc2[nH]1. The van der Waals surface area contributed by atoms with Gasteiger partial charge in [-0.1, -0.05) is 18.2 Å². The quantitative estimate of drug-likeness (QED) is 0.562. The molecule has 1 radical (unpaired) electrons. The number of nitrogens with one attached hydrogen (secondary N) is 1. The van der Waals surface area contributed by atoms with Crippen molar-refractivity contribution in [1.29, 1.82) is 0 Å². The van der Waals surface area contributed by atoms with Gasteiger partial charge in [0.05, 0.1) is 6.07 Å². The van der Waals surface area contributed by atoms with E-state index in [1.165, 1.54) is 0 Å². The maximum Gasteiger partial charge on any atom is 0.197 e. The molecule has 1 heterocycles. The molecule has 49 valence electrons. The van der Waals surface area contributed by atoms with E-state index in [2.05, 4.69) is 11.1 Å². The van der Waals surface area contributed by atoms with Crippen LogP contribution in [0.4, 0.5) is 0 Å². The zero-order valence-corrected chi connectivity index (χ0v) is 5.26. The van der Waals surface area contributed by atoms with Gasteiger partial charge in [0.1, 0.15) is 0 Å². The fourth-order valence-corrected chi connectivity index (χ4v) is 0.987. The Balaban J connectivity index is 2.88. The lowest BCUT2D eigenvalue weighted by atomic mass is 10.3. The molecule has 1 aromatic carbocycles. The Morgan fingerprint density at radius 1 is 1.30 bits per heavy atom. The van der Waals surface area contributed by atoms with E-state index in [-0.39, 0.29) is 5.88 Å². The third kappa shape index (κ3) is 0.658. The largest absolute Gasteiger partial charge is 0.494 e. The number of hydrogen-bond donors (Lipinski definition) is 2. The maximum absolute atomic E-state index is 8.94. The van der Waals surface area contributed by atoms with Crippen molar-refractivity contribution in [2.75, 3.05) is 0 Å². The highest BCUT2D eigenvalue weighted by Crippen LogP contribution is 2.16. The van der Waals surface area contributed by atoms with E-state index in [0.29, 0.717) is 0 Å². The van der Waals surface area contributed by atoms with Crippen molar-refractivity contribution in [3.63, 3.8) is 0 Å². The fraction of sp³-hybridized carbons (Fsp3) is 0. The summed E-state index contributed by atoms with van der Waals surface area (Å²) in [6.07, 6.45) is 0. The van der Waals surface area contributed by atoms with Crippen LogP contribution in [0, 0.1) is 6.07 Å². The molecular weight excluding hydrogens is 126 g/mol. The van der Waals surface area contributed by atoms with E-state index < -0.39 is 0 Å². The monoisotopic (exact) mass is 132 g/mol. The number of aromatic amines is 1. The number of aromatic nitrogens is 1. The van der Waals surface area contributed by atoms with Crippen molar-refractivity contribution in [3.05, 3.63) is 30.3 Å². The van der Waals surface area contributed by atoms with Crippen LogP contribution in [-0.2, 0) is 0 Å². The Morgan fingerprint density at radius 3 is 2.90 bits per heavy atom. The highest BCUT2D eigenvalue weighted by molar-refractivity contribution is 5.80. The predicted octanol–water partition coefficient (Wildman–Crippen LogP) is 1.67. The van der Waals surface area contributed by atoms with Gasteiger partial charge in [-0.15, -0.1) is 0 Å². The molecule has 2 aromatic rings. The van der Waals surface area contributed by atoms with Gasteiger partial charge >= 0.3 is 0 Å². The van der Waals surface area contributed by atoms with Crippen molar-refractivity contribution in [1.82, 2.24) is 4.98 Å². The van der Waals surface area contributed by atoms with Gasteiger partial charge in [0.15, 0.2) is 5.88 Å². The van der Waals surface area contributed by atoms with Crippen LogP contribution in [0.2, 0.25) is 0 Å². The Bertz CT molecular complexity index is 318. The lowest BCUT2D eigenvalue weighted by molar-refractivity contribution is 0.457. The van der Waals surface area contributed by atoms with E-state index in [1.807, 2.05) is 24.3 Å². The third-order valence-corrected chi connectivity index (χ3v) is 1.43. The summed E-state index contributed by atoms with van der Waals surface area (Å²) in [5.74, 6) is 0.0983. The van der Waals surface area contributed by atoms with Gasteiger partial charge in [-0.3, -0.25) is 0 Å². The second-order valence-corrected chi connectivity index (χ2v) is 2.14. The predicted molar refractivity (Wildman–Crippen MR) is 38.8 cm³/mol. The summed E-state index contributed by atoms with van der Waals surface area (Å²) in [4.78, 5) is 2.76. The minimum absolute atomic E-state index is 0.0983. The average molecular weight is 132 g/mol. The molecule has 0 amide bonds. The van der Waals surface area contributed by atoms with Crippen LogP contribution in [0.15, 0.2) is 24.3 Å². The summed E-state index contributed by atoms with van der Waals surface area (Å²) in [5.41, 5.74) is 0.917. The summed E-state index contributed by atoms with van der Waals surface area (Å²) in [7, 11) is 0.